The minimum Gasteiger partial charge on any atom is -0.477 e. The summed E-state index contributed by atoms with van der Waals surface area (Å²) >= 11 is 0. The highest BCUT2D eigenvalue weighted by atomic mass is 16.6. The van der Waals surface area contributed by atoms with Gasteiger partial charge in [0.2, 0.25) is 0 Å². The molecule has 0 bridgehead atoms. The zero-order valence-electron chi connectivity index (χ0n) is 10.2. The molecule has 10 heteroatoms. The molecule has 0 spiro atoms. The third-order valence-corrected chi connectivity index (χ3v) is 2.56. The number of aromatic carboxylic acids is 1. The molecule has 104 valence electrons. The van der Waals surface area contributed by atoms with E-state index in [0.29, 0.717) is 0 Å². The van der Waals surface area contributed by atoms with E-state index in [4.69, 9.17) is 5.11 Å². The number of rotatable bonds is 4. The number of hydrogen-bond donors (Lipinski definition) is 3. The number of carboxylic acids is 1. The second-order valence-electron chi connectivity index (χ2n) is 3.82. The number of carboxylic acid groups (broad SMARTS) is 1. The summed E-state index contributed by atoms with van der Waals surface area (Å²) in [7, 11) is 1.38. The Balaban J connectivity index is 2.19. The van der Waals surface area contributed by atoms with E-state index in [9.17, 15) is 19.7 Å². The summed E-state index contributed by atoms with van der Waals surface area (Å²) in [4.78, 5) is 32.6. The van der Waals surface area contributed by atoms with Crippen LogP contribution in [0.1, 0.15) is 21.0 Å². The monoisotopic (exact) mass is 279 g/mol. The predicted molar refractivity (Wildman–Crippen MR) is 65.6 cm³/mol. The summed E-state index contributed by atoms with van der Waals surface area (Å²) in [5.41, 5.74) is -0.130. The normalized spacial score (nSPS) is 10.2. The number of carbonyl (C=O) groups is 2. The SMILES string of the molecule is Cn1c(C(=O)Nc2cc(C(=O)O)[nH]n2)ccc1[N+](=O)[O-]. The van der Waals surface area contributed by atoms with E-state index in [1.807, 2.05) is 0 Å². The molecule has 0 aliphatic heterocycles. The molecule has 0 aliphatic carbocycles. The lowest BCUT2D eigenvalue weighted by Crippen LogP contribution is -2.16. The van der Waals surface area contributed by atoms with Gasteiger partial charge in [0.25, 0.3) is 5.91 Å². The van der Waals surface area contributed by atoms with Crippen molar-refractivity contribution in [1.29, 1.82) is 0 Å². The first-order chi connectivity index (χ1) is 9.40. The van der Waals surface area contributed by atoms with Crippen LogP contribution >= 0.6 is 0 Å². The van der Waals surface area contributed by atoms with Gasteiger partial charge in [-0.05, 0) is 11.0 Å². The lowest BCUT2D eigenvalue weighted by molar-refractivity contribution is -0.391. The zero-order chi connectivity index (χ0) is 14.9. The molecule has 20 heavy (non-hydrogen) atoms. The minimum atomic E-state index is -1.22. The molecule has 2 aromatic heterocycles. The molecular weight excluding hydrogens is 270 g/mol. The third-order valence-electron chi connectivity index (χ3n) is 2.56. The Morgan fingerprint density at radius 3 is 2.70 bits per heavy atom. The number of nitro groups is 1. The molecule has 2 heterocycles. The zero-order valence-corrected chi connectivity index (χ0v) is 10.2. The first-order valence-corrected chi connectivity index (χ1v) is 5.30. The fourth-order valence-corrected chi connectivity index (χ4v) is 1.59. The van der Waals surface area contributed by atoms with Crippen molar-refractivity contribution in [2.45, 2.75) is 0 Å². The van der Waals surface area contributed by atoms with Gasteiger partial charge >= 0.3 is 11.8 Å². The number of carbonyl (C=O) groups excluding carboxylic acids is 1. The first-order valence-electron chi connectivity index (χ1n) is 5.30. The van der Waals surface area contributed by atoms with Crippen LogP contribution in [0.3, 0.4) is 0 Å². The summed E-state index contributed by atoms with van der Waals surface area (Å²) in [6.45, 7) is 0. The van der Waals surface area contributed by atoms with Crippen molar-refractivity contribution < 1.29 is 19.6 Å². The number of nitrogens with one attached hydrogen (secondary N) is 2. The molecule has 3 N–H and O–H groups in total. The quantitative estimate of drug-likeness (QED) is 0.552. The standard InChI is InChI=1S/C10H9N5O5/c1-14-6(2-3-8(14)15(19)20)9(16)11-7-4-5(10(17)18)12-13-7/h2-4H,1H3,(H,17,18)(H2,11,12,13,16). The maximum atomic E-state index is 11.9. The van der Waals surface area contributed by atoms with Gasteiger partial charge in [-0.1, -0.05) is 0 Å². The number of nitrogens with zero attached hydrogens (tertiary/aromatic N) is 3. The lowest BCUT2D eigenvalue weighted by Gasteiger charge is -2.00. The second kappa shape index (κ2) is 4.84. The fourth-order valence-electron chi connectivity index (χ4n) is 1.59. The smallest absolute Gasteiger partial charge is 0.353 e. The van der Waals surface area contributed by atoms with Crippen molar-refractivity contribution in [1.82, 2.24) is 14.8 Å². The van der Waals surface area contributed by atoms with Crippen LogP contribution in [-0.4, -0.2) is 36.7 Å². The van der Waals surface area contributed by atoms with Crippen LogP contribution in [0, 0.1) is 10.1 Å². The van der Waals surface area contributed by atoms with Crippen molar-refractivity contribution in [3.05, 3.63) is 39.7 Å². The molecule has 0 radical (unpaired) electrons. The molecule has 0 saturated heterocycles. The number of H-pyrrole nitrogens is 1. The van der Waals surface area contributed by atoms with Crippen LogP contribution in [0.2, 0.25) is 0 Å². The average molecular weight is 279 g/mol. The van der Waals surface area contributed by atoms with Crippen LogP contribution in [0.25, 0.3) is 0 Å². The van der Waals surface area contributed by atoms with Crippen molar-refractivity contribution in [3.63, 3.8) is 0 Å². The number of amides is 1. The molecule has 0 saturated carbocycles. The van der Waals surface area contributed by atoms with E-state index in [1.165, 1.54) is 19.2 Å². The maximum Gasteiger partial charge on any atom is 0.353 e. The molecule has 0 unspecified atom stereocenters. The second-order valence-corrected chi connectivity index (χ2v) is 3.82. The molecular formula is C10H9N5O5. The Hall–Kier alpha value is -3.17. The first kappa shape index (κ1) is 13.3. The molecule has 1 amide bonds. The van der Waals surface area contributed by atoms with E-state index in [0.717, 1.165) is 10.6 Å². The Kier molecular flexibility index (Phi) is 3.21. The molecule has 0 aliphatic rings. The van der Waals surface area contributed by atoms with Crippen LogP contribution in [0.15, 0.2) is 18.2 Å². The van der Waals surface area contributed by atoms with Crippen molar-refractivity contribution in [2.75, 3.05) is 5.32 Å². The van der Waals surface area contributed by atoms with Gasteiger partial charge in [0.15, 0.2) is 11.5 Å². The Bertz CT molecular complexity index is 701. The van der Waals surface area contributed by atoms with Crippen molar-refractivity contribution in [3.8, 4) is 0 Å². The van der Waals surface area contributed by atoms with E-state index in [1.54, 1.807) is 0 Å². The minimum absolute atomic E-state index is 0.0104. The molecule has 0 fully saturated rings. The fraction of sp³-hybridized carbons (Fsp3) is 0.100. The predicted octanol–water partition coefficient (Wildman–Crippen LogP) is 0.607. The highest BCUT2D eigenvalue weighted by molar-refractivity contribution is 6.03. The summed E-state index contributed by atoms with van der Waals surface area (Å²) in [5.74, 6) is -2.07. The topological polar surface area (TPSA) is 143 Å². The molecule has 2 aromatic rings. The van der Waals surface area contributed by atoms with Gasteiger partial charge in [-0.2, -0.15) is 5.10 Å². The average Bonchev–Trinajstić information content (AvgIpc) is 2.95. The summed E-state index contributed by atoms with van der Waals surface area (Å²) in [5, 5.41) is 27.5. The van der Waals surface area contributed by atoms with Crippen LogP contribution in [0.4, 0.5) is 11.6 Å². The lowest BCUT2D eigenvalue weighted by atomic mass is 10.4. The molecule has 2 rings (SSSR count). The van der Waals surface area contributed by atoms with Crippen LogP contribution < -0.4 is 5.32 Å². The third kappa shape index (κ3) is 2.34. The van der Waals surface area contributed by atoms with Gasteiger partial charge in [0.05, 0.1) is 7.05 Å². The molecule has 0 aromatic carbocycles. The highest BCUT2D eigenvalue weighted by Gasteiger charge is 2.21. The summed E-state index contributed by atoms with van der Waals surface area (Å²) in [6, 6.07) is 3.62. The van der Waals surface area contributed by atoms with Gasteiger partial charge in [0, 0.05) is 12.1 Å². The van der Waals surface area contributed by atoms with Crippen LogP contribution in [-0.2, 0) is 7.05 Å². The van der Waals surface area contributed by atoms with Gasteiger partial charge in [-0.15, -0.1) is 0 Å². The summed E-state index contributed by atoms with van der Waals surface area (Å²) < 4.78 is 1.11. The molecule has 10 nitrogen and oxygen atoms in total. The van der Waals surface area contributed by atoms with E-state index < -0.39 is 16.8 Å². The van der Waals surface area contributed by atoms with Gasteiger partial charge in [-0.25, -0.2) is 9.36 Å². The number of aromatic amines is 1. The van der Waals surface area contributed by atoms with E-state index >= 15 is 0 Å². The Morgan fingerprint density at radius 1 is 1.50 bits per heavy atom. The number of anilines is 1. The number of hydrogen-bond acceptors (Lipinski definition) is 5. The maximum absolute atomic E-state index is 11.9. The highest BCUT2D eigenvalue weighted by Crippen LogP contribution is 2.16. The van der Waals surface area contributed by atoms with Gasteiger partial charge in [-0.3, -0.25) is 9.89 Å². The Morgan fingerprint density at radius 2 is 2.20 bits per heavy atom. The summed E-state index contributed by atoms with van der Waals surface area (Å²) in [6.07, 6.45) is 0. The molecule has 0 atom stereocenters. The van der Waals surface area contributed by atoms with Gasteiger partial charge < -0.3 is 20.5 Å². The van der Waals surface area contributed by atoms with E-state index in [2.05, 4.69) is 15.5 Å². The van der Waals surface area contributed by atoms with Crippen LogP contribution in [0.5, 0.6) is 0 Å². The van der Waals surface area contributed by atoms with E-state index in [-0.39, 0.29) is 23.0 Å². The van der Waals surface area contributed by atoms with Crippen molar-refractivity contribution in [2.24, 2.45) is 7.05 Å². The number of aromatic nitrogens is 3. The Labute approximate surface area is 111 Å². The largest absolute Gasteiger partial charge is 0.477 e. The van der Waals surface area contributed by atoms with Crippen molar-refractivity contribution >= 4 is 23.5 Å². The van der Waals surface area contributed by atoms with Gasteiger partial charge in [0.1, 0.15) is 5.69 Å².